The highest BCUT2D eigenvalue weighted by atomic mass is 16.4. The van der Waals surface area contributed by atoms with Crippen molar-refractivity contribution in [1.82, 2.24) is 20.0 Å². The molecule has 9 heteroatoms. The van der Waals surface area contributed by atoms with Crippen LogP contribution in [0.25, 0.3) is 0 Å². The van der Waals surface area contributed by atoms with Gasteiger partial charge in [-0.15, -0.1) is 0 Å². The molecule has 1 aromatic rings. The Balaban J connectivity index is 2.54. The molecule has 0 fully saturated rings. The molecule has 0 aliphatic carbocycles. The largest absolute Gasteiger partial charge is 0.480 e. The topological polar surface area (TPSA) is 117 Å². The van der Waals surface area contributed by atoms with E-state index in [2.05, 4.69) is 15.7 Å². The van der Waals surface area contributed by atoms with Crippen LogP contribution >= 0.6 is 0 Å². The summed E-state index contributed by atoms with van der Waals surface area (Å²) in [5.41, 5.74) is 0.356. The van der Waals surface area contributed by atoms with E-state index in [1.807, 2.05) is 0 Å². The zero-order chi connectivity index (χ0) is 14.4. The first-order valence-electron chi connectivity index (χ1n) is 5.39. The molecule has 1 heterocycles. The van der Waals surface area contributed by atoms with Crippen LogP contribution in [-0.2, 0) is 16.1 Å². The number of hydrogen-bond acceptors (Lipinski definition) is 4. The van der Waals surface area contributed by atoms with Crippen molar-refractivity contribution in [3.05, 3.63) is 12.4 Å². The number of likely N-dealkylation sites (N-methyl/N-ethyl adjacent to an activating group) is 2. The van der Waals surface area contributed by atoms with Crippen molar-refractivity contribution >= 4 is 23.6 Å². The summed E-state index contributed by atoms with van der Waals surface area (Å²) < 4.78 is 1.18. The van der Waals surface area contributed by atoms with E-state index < -0.39 is 12.0 Å². The predicted octanol–water partition coefficient (Wildman–Crippen LogP) is -0.823. The molecule has 0 unspecified atom stereocenters. The molecule has 0 spiro atoms. The summed E-state index contributed by atoms with van der Waals surface area (Å²) in [6, 6.07) is -0.488. The Labute approximate surface area is 109 Å². The standard InChI is InChI=1S/C10H15N5O4/c1-11-8(16)5-14(2)10(19)13-7-3-12-15(4-7)6-9(17)18/h3-4H,5-6H2,1-2H3,(H,11,16)(H,13,19)(H,17,18). The molecule has 0 bridgehead atoms. The first kappa shape index (κ1) is 14.5. The molecule has 1 aromatic heterocycles. The van der Waals surface area contributed by atoms with E-state index in [0.29, 0.717) is 5.69 Å². The van der Waals surface area contributed by atoms with Crippen LogP contribution < -0.4 is 10.6 Å². The molecule has 104 valence electrons. The van der Waals surface area contributed by atoms with Crippen LogP contribution in [0.1, 0.15) is 0 Å². The van der Waals surface area contributed by atoms with Gasteiger partial charge < -0.3 is 20.6 Å². The summed E-state index contributed by atoms with van der Waals surface area (Å²) in [4.78, 5) is 34.4. The fourth-order valence-electron chi connectivity index (χ4n) is 1.24. The summed E-state index contributed by atoms with van der Waals surface area (Å²) in [5, 5.41) is 17.2. The number of amides is 3. The summed E-state index contributed by atoms with van der Waals surface area (Å²) in [7, 11) is 2.94. The number of nitrogens with one attached hydrogen (secondary N) is 2. The van der Waals surface area contributed by atoms with Gasteiger partial charge in [-0.2, -0.15) is 5.10 Å². The fraction of sp³-hybridized carbons (Fsp3) is 0.400. The number of hydrogen-bond donors (Lipinski definition) is 3. The number of carboxylic acids is 1. The lowest BCUT2D eigenvalue weighted by molar-refractivity contribution is -0.137. The van der Waals surface area contributed by atoms with Gasteiger partial charge in [0.2, 0.25) is 5.91 Å². The Morgan fingerprint density at radius 1 is 1.47 bits per heavy atom. The Morgan fingerprint density at radius 3 is 2.74 bits per heavy atom. The molecule has 0 atom stereocenters. The molecule has 0 aliphatic rings. The van der Waals surface area contributed by atoms with Crippen LogP contribution in [-0.4, -0.2) is 58.3 Å². The summed E-state index contributed by atoms with van der Waals surface area (Å²) in [5.74, 6) is -1.32. The number of carbonyl (C=O) groups is 3. The van der Waals surface area contributed by atoms with Gasteiger partial charge in [-0.3, -0.25) is 14.3 Å². The first-order valence-corrected chi connectivity index (χ1v) is 5.39. The van der Waals surface area contributed by atoms with Crippen molar-refractivity contribution in [2.24, 2.45) is 0 Å². The number of aromatic nitrogens is 2. The van der Waals surface area contributed by atoms with Gasteiger partial charge in [-0.1, -0.05) is 0 Å². The van der Waals surface area contributed by atoms with Crippen LogP contribution in [0.4, 0.5) is 10.5 Å². The van der Waals surface area contributed by atoms with Gasteiger partial charge >= 0.3 is 12.0 Å². The third kappa shape index (κ3) is 4.66. The second kappa shape index (κ2) is 6.38. The molecule has 1 rings (SSSR count). The second-order valence-electron chi connectivity index (χ2n) is 3.78. The zero-order valence-corrected chi connectivity index (χ0v) is 10.6. The first-order chi connectivity index (χ1) is 8.92. The molecule has 9 nitrogen and oxygen atoms in total. The van der Waals surface area contributed by atoms with Crippen LogP contribution in [0.15, 0.2) is 12.4 Å². The Morgan fingerprint density at radius 2 is 2.16 bits per heavy atom. The van der Waals surface area contributed by atoms with Gasteiger partial charge in [0.1, 0.15) is 13.1 Å². The molecule has 0 aliphatic heterocycles. The average molecular weight is 269 g/mol. The van der Waals surface area contributed by atoms with Crippen LogP contribution in [0.5, 0.6) is 0 Å². The molecule has 19 heavy (non-hydrogen) atoms. The minimum atomic E-state index is -1.03. The molecule has 3 amide bonds. The van der Waals surface area contributed by atoms with Crippen molar-refractivity contribution in [3.63, 3.8) is 0 Å². The van der Waals surface area contributed by atoms with Gasteiger partial charge in [0.25, 0.3) is 0 Å². The third-order valence-corrected chi connectivity index (χ3v) is 2.19. The minimum absolute atomic E-state index is 0.0778. The maximum atomic E-state index is 11.7. The fourth-order valence-corrected chi connectivity index (χ4v) is 1.24. The maximum Gasteiger partial charge on any atom is 0.325 e. The second-order valence-corrected chi connectivity index (χ2v) is 3.78. The number of carbonyl (C=O) groups excluding carboxylic acids is 2. The Hall–Kier alpha value is -2.58. The lowest BCUT2D eigenvalue weighted by Crippen LogP contribution is -2.39. The summed E-state index contributed by atoms with van der Waals surface area (Å²) >= 11 is 0. The highest BCUT2D eigenvalue weighted by molar-refractivity contribution is 5.91. The van der Waals surface area contributed by atoms with Gasteiger partial charge in [0.05, 0.1) is 11.9 Å². The van der Waals surface area contributed by atoms with Crippen molar-refractivity contribution in [2.45, 2.75) is 6.54 Å². The lowest BCUT2D eigenvalue weighted by Gasteiger charge is -2.15. The Kier molecular flexibility index (Phi) is 4.86. The normalized spacial score (nSPS) is 9.79. The number of carboxylic acid groups (broad SMARTS) is 1. The van der Waals surface area contributed by atoms with E-state index >= 15 is 0 Å². The quantitative estimate of drug-likeness (QED) is 0.645. The van der Waals surface area contributed by atoms with Crippen molar-refractivity contribution in [1.29, 1.82) is 0 Å². The predicted molar refractivity (Wildman–Crippen MR) is 65.6 cm³/mol. The van der Waals surface area contributed by atoms with E-state index in [0.717, 1.165) is 0 Å². The number of aliphatic carboxylic acids is 1. The molecule has 3 N–H and O–H groups in total. The molecular weight excluding hydrogens is 254 g/mol. The van der Waals surface area contributed by atoms with E-state index in [-0.39, 0.29) is 19.0 Å². The average Bonchev–Trinajstić information content (AvgIpc) is 2.75. The summed E-state index contributed by atoms with van der Waals surface area (Å²) in [6.07, 6.45) is 2.72. The van der Waals surface area contributed by atoms with Gasteiger partial charge in [0, 0.05) is 20.3 Å². The third-order valence-electron chi connectivity index (χ3n) is 2.19. The number of nitrogens with zero attached hydrogens (tertiary/aromatic N) is 3. The molecule has 0 saturated heterocycles. The number of urea groups is 1. The number of rotatable bonds is 5. The molecule has 0 radical (unpaired) electrons. The van der Waals surface area contributed by atoms with Gasteiger partial charge in [-0.05, 0) is 0 Å². The molecule has 0 saturated carbocycles. The van der Waals surface area contributed by atoms with Gasteiger partial charge in [-0.25, -0.2) is 4.79 Å². The van der Waals surface area contributed by atoms with E-state index in [1.165, 1.54) is 36.1 Å². The minimum Gasteiger partial charge on any atom is -0.480 e. The van der Waals surface area contributed by atoms with Crippen molar-refractivity contribution in [2.75, 3.05) is 26.0 Å². The van der Waals surface area contributed by atoms with Gasteiger partial charge in [0.15, 0.2) is 0 Å². The van der Waals surface area contributed by atoms with E-state index in [9.17, 15) is 14.4 Å². The molecule has 0 aromatic carbocycles. The highest BCUT2D eigenvalue weighted by Gasteiger charge is 2.13. The lowest BCUT2D eigenvalue weighted by atomic mass is 10.5. The monoisotopic (exact) mass is 269 g/mol. The SMILES string of the molecule is CNC(=O)CN(C)C(=O)Nc1cnn(CC(=O)O)c1. The van der Waals surface area contributed by atoms with E-state index in [4.69, 9.17) is 5.11 Å². The van der Waals surface area contributed by atoms with Crippen LogP contribution in [0.3, 0.4) is 0 Å². The number of anilines is 1. The highest BCUT2D eigenvalue weighted by Crippen LogP contribution is 2.05. The molecular formula is C10H15N5O4. The van der Waals surface area contributed by atoms with Crippen LogP contribution in [0, 0.1) is 0 Å². The van der Waals surface area contributed by atoms with Crippen molar-refractivity contribution in [3.8, 4) is 0 Å². The van der Waals surface area contributed by atoms with E-state index in [1.54, 1.807) is 0 Å². The maximum absolute atomic E-state index is 11.7. The Bertz CT molecular complexity index is 484. The van der Waals surface area contributed by atoms with Crippen LogP contribution in [0.2, 0.25) is 0 Å². The summed E-state index contributed by atoms with van der Waals surface area (Å²) in [6.45, 7) is -0.366. The zero-order valence-electron chi connectivity index (χ0n) is 10.6. The van der Waals surface area contributed by atoms with Crippen molar-refractivity contribution < 1.29 is 19.5 Å². The smallest absolute Gasteiger partial charge is 0.325 e.